The van der Waals surface area contributed by atoms with Crippen LogP contribution in [0.2, 0.25) is 0 Å². The summed E-state index contributed by atoms with van der Waals surface area (Å²) in [7, 11) is -3.05. The van der Waals surface area contributed by atoms with Gasteiger partial charge in [-0.15, -0.1) is 10.2 Å². The standard InChI is InChI=1S/C7H10N2O3S3/c1-15(11,12)5-6-8-9-7(14-6)13-4-2-3-10/h3H,2,4-5H2,1H3. The van der Waals surface area contributed by atoms with Crippen molar-refractivity contribution in [3.8, 4) is 0 Å². The maximum Gasteiger partial charge on any atom is 0.174 e. The molecule has 0 aromatic carbocycles. The van der Waals surface area contributed by atoms with Gasteiger partial charge in [-0.25, -0.2) is 8.42 Å². The largest absolute Gasteiger partial charge is 0.303 e. The molecule has 15 heavy (non-hydrogen) atoms. The number of sulfone groups is 1. The Labute approximate surface area is 96.2 Å². The fourth-order valence-electron chi connectivity index (χ4n) is 0.774. The van der Waals surface area contributed by atoms with Crippen LogP contribution in [0.25, 0.3) is 0 Å². The smallest absolute Gasteiger partial charge is 0.174 e. The lowest BCUT2D eigenvalue weighted by molar-refractivity contribution is -0.107. The number of thioether (sulfide) groups is 1. The first-order valence-corrected chi connectivity index (χ1v) is 7.94. The molecule has 0 fully saturated rings. The van der Waals surface area contributed by atoms with E-state index >= 15 is 0 Å². The van der Waals surface area contributed by atoms with Gasteiger partial charge in [-0.2, -0.15) is 0 Å². The molecule has 8 heteroatoms. The molecule has 84 valence electrons. The van der Waals surface area contributed by atoms with Crippen molar-refractivity contribution in [1.82, 2.24) is 10.2 Å². The third-order valence-corrected chi connectivity index (χ3v) is 4.37. The monoisotopic (exact) mass is 266 g/mol. The summed E-state index contributed by atoms with van der Waals surface area (Å²) < 4.78 is 22.6. The zero-order valence-electron chi connectivity index (χ0n) is 8.04. The van der Waals surface area contributed by atoms with Gasteiger partial charge in [0.15, 0.2) is 14.2 Å². The average molecular weight is 266 g/mol. The summed E-state index contributed by atoms with van der Waals surface area (Å²) >= 11 is 2.67. The Hall–Kier alpha value is -0.470. The van der Waals surface area contributed by atoms with Crippen LogP contribution in [0.5, 0.6) is 0 Å². The van der Waals surface area contributed by atoms with E-state index in [1.165, 1.54) is 23.1 Å². The van der Waals surface area contributed by atoms with E-state index in [0.29, 0.717) is 21.5 Å². The second-order valence-electron chi connectivity index (χ2n) is 2.84. The van der Waals surface area contributed by atoms with Crippen LogP contribution < -0.4 is 0 Å². The summed E-state index contributed by atoms with van der Waals surface area (Å²) in [5.74, 6) is 0.579. The van der Waals surface area contributed by atoms with Crippen LogP contribution in [0.15, 0.2) is 4.34 Å². The summed E-state index contributed by atoms with van der Waals surface area (Å²) in [5, 5.41) is 8.08. The van der Waals surface area contributed by atoms with Crippen LogP contribution in [0, 0.1) is 0 Å². The van der Waals surface area contributed by atoms with Crippen molar-refractivity contribution in [2.45, 2.75) is 16.5 Å². The normalized spacial score (nSPS) is 11.5. The van der Waals surface area contributed by atoms with Gasteiger partial charge in [0.25, 0.3) is 0 Å². The minimum Gasteiger partial charge on any atom is -0.303 e. The van der Waals surface area contributed by atoms with E-state index in [2.05, 4.69) is 10.2 Å². The summed E-state index contributed by atoms with van der Waals surface area (Å²) in [6, 6.07) is 0. The summed E-state index contributed by atoms with van der Waals surface area (Å²) in [6.45, 7) is 0. The zero-order valence-corrected chi connectivity index (χ0v) is 10.5. The van der Waals surface area contributed by atoms with Crippen LogP contribution in [0.4, 0.5) is 0 Å². The Morgan fingerprint density at radius 3 is 2.80 bits per heavy atom. The molecule has 0 aliphatic carbocycles. The van der Waals surface area contributed by atoms with Crippen LogP contribution >= 0.6 is 23.1 Å². The molecular weight excluding hydrogens is 256 g/mol. The molecule has 0 aliphatic heterocycles. The lowest BCUT2D eigenvalue weighted by Crippen LogP contribution is -1.99. The van der Waals surface area contributed by atoms with E-state index in [1.54, 1.807) is 0 Å². The maximum absolute atomic E-state index is 11.0. The highest BCUT2D eigenvalue weighted by Crippen LogP contribution is 2.23. The fourth-order valence-corrected chi connectivity index (χ4v) is 3.78. The molecule has 0 radical (unpaired) electrons. The van der Waals surface area contributed by atoms with Crippen LogP contribution in [-0.4, -0.2) is 36.9 Å². The van der Waals surface area contributed by atoms with Crippen molar-refractivity contribution in [2.75, 3.05) is 12.0 Å². The zero-order chi connectivity index (χ0) is 11.3. The predicted molar refractivity (Wildman–Crippen MR) is 59.9 cm³/mol. The molecule has 0 amide bonds. The van der Waals surface area contributed by atoms with Gasteiger partial charge in [0.2, 0.25) is 0 Å². The van der Waals surface area contributed by atoms with Gasteiger partial charge in [-0.1, -0.05) is 23.1 Å². The van der Waals surface area contributed by atoms with Gasteiger partial charge in [-0.3, -0.25) is 0 Å². The molecule has 0 bridgehead atoms. The van der Waals surface area contributed by atoms with Crippen molar-refractivity contribution in [2.24, 2.45) is 0 Å². The molecule has 0 spiro atoms. The molecule has 0 unspecified atom stereocenters. The van der Waals surface area contributed by atoms with Crippen LogP contribution in [-0.2, 0) is 20.4 Å². The number of carbonyl (C=O) groups excluding carboxylic acids is 1. The second-order valence-corrected chi connectivity index (χ2v) is 7.38. The highest BCUT2D eigenvalue weighted by molar-refractivity contribution is 8.01. The summed E-state index contributed by atoms with van der Waals surface area (Å²) in [4.78, 5) is 10.1. The van der Waals surface area contributed by atoms with E-state index < -0.39 is 9.84 Å². The summed E-state index contributed by atoms with van der Waals surface area (Å²) in [5.41, 5.74) is 0. The van der Waals surface area contributed by atoms with Gasteiger partial charge in [0.1, 0.15) is 17.0 Å². The quantitative estimate of drug-likeness (QED) is 0.430. The minimum atomic E-state index is -3.05. The number of hydrogen-bond acceptors (Lipinski definition) is 7. The second kappa shape index (κ2) is 5.57. The van der Waals surface area contributed by atoms with E-state index in [-0.39, 0.29) is 5.75 Å². The van der Waals surface area contributed by atoms with Crippen molar-refractivity contribution in [3.63, 3.8) is 0 Å². The van der Waals surface area contributed by atoms with Gasteiger partial charge in [0.05, 0.1) is 0 Å². The number of aldehydes is 1. The number of rotatable bonds is 6. The van der Waals surface area contributed by atoms with E-state index in [9.17, 15) is 13.2 Å². The van der Waals surface area contributed by atoms with E-state index in [0.717, 1.165) is 12.5 Å². The highest BCUT2D eigenvalue weighted by atomic mass is 32.2. The highest BCUT2D eigenvalue weighted by Gasteiger charge is 2.10. The molecule has 0 saturated carbocycles. The number of nitrogens with zero attached hydrogens (tertiary/aromatic N) is 2. The fraction of sp³-hybridized carbons (Fsp3) is 0.571. The Kier molecular flexibility index (Phi) is 4.68. The Morgan fingerprint density at radius 1 is 1.47 bits per heavy atom. The first-order valence-electron chi connectivity index (χ1n) is 4.08. The lowest BCUT2D eigenvalue weighted by Gasteiger charge is -1.90. The molecule has 0 aliphatic rings. The van der Waals surface area contributed by atoms with Gasteiger partial charge >= 0.3 is 0 Å². The number of hydrogen-bond donors (Lipinski definition) is 0. The topological polar surface area (TPSA) is 77.0 Å². The third-order valence-electron chi connectivity index (χ3n) is 1.30. The Bertz CT molecular complexity index is 426. The predicted octanol–water partition coefficient (Wildman–Crippen LogP) is 0.764. The molecule has 1 heterocycles. The molecule has 5 nitrogen and oxygen atoms in total. The maximum atomic E-state index is 11.0. The van der Waals surface area contributed by atoms with Crippen LogP contribution in [0.1, 0.15) is 11.4 Å². The van der Waals surface area contributed by atoms with Crippen molar-refractivity contribution < 1.29 is 13.2 Å². The van der Waals surface area contributed by atoms with Crippen molar-refractivity contribution in [3.05, 3.63) is 5.01 Å². The van der Waals surface area contributed by atoms with Gasteiger partial charge < -0.3 is 4.79 Å². The van der Waals surface area contributed by atoms with E-state index in [4.69, 9.17) is 0 Å². The minimum absolute atomic E-state index is 0.0705. The molecule has 1 aromatic heterocycles. The average Bonchev–Trinajstić information content (AvgIpc) is 2.50. The molecule has 1 aromatic rings. The molecule has 0 N–H and O–H groups in total. The molecular formula is C7H10N2O3S3. The van der Waals surface area contributed by atoms with Gasteiger partial charge in [-0.05, 0) is 0 Å². The Balaban J connectivity index is 2.53. The lowest BCUT2D eigenvalue weighted by atomic mass is 10.6. The SMILES string of the molecule is CS(=O)(=O)Cc1nnc(SCCC=O)s1. The number of aromatic nitrogens is 2. The van der Waals surface area contributed by atoms with Gasteiger partial charge in [0, 0.05) is 18.4 Å². The first-order chi connectivity index (χ1) is 7.01. The number of carbonyl (C=O) groups is 1. The molecule has 0 saturated heterocycles. The van der Waals surface area contributed by atoms with Crippen molar-refractivity contribution in [1.29, 1.82) is 0 Å². The molecule has 1 rings (SSSR count). The first kappa shape index (κ1) is 12.6. The van der Waals surface area contributed by atoms with Crippen LogP contribution in [0.3, 0.4) is 0 Å². The molecule has 0 atom stereocenters. The Morgan fingerprint density at radius 2 is 2.20 bits per heavy atom. The van der Waals surface area contributed by atoms with E-state index in [1.807, 2.05) is 0 Å². The third kappa shape index (κ3) is 5.24. The summed E-state index contributed by atoms with van der Waals surface area (Å²) in [6.07, 6.45) is 2.46. The van der Waals surface area contributed by atoms with Crippen molar-refractivity contribution >= 4 is 39.2 Å².